The third-order valence-corrected chi connectivity index (χ3v) is 8.16. The van der Waals surface area contributed by atoms with Crippen molar-refractivity contribution in [3.8, 4) is 0 Å². The summed E-state index contributed by atoms with van der Waals surface area (Å²) in [6, 6.07) is 0. The van der Waals surface area contributed by atoms with Gasteiger partial charge < -0.3 is 0 Å². The molecule has 1 aliphatic carbocycles. The van der Waals surface area contributed by atoms with Crippen LogP contribution in [0.25, 0.3) is 0 Å². The van der Waals surface area contributed by atoms with Crippen molar-refractivity contribution in [2.24, 2.45) is 21.1 Å². The van der Waals surface area contributed by atoms with E-state index in [4.69, 9.17) is 0 Å². The fraction of sp³-hybridized carbons (Fsp3) is 1.00. The highest BCUT2D eigenvalue weighted by Gasteiger charge is 2.86. The molecule has 1 fully saturated rings. The van der Waals surface area contributed by atoms with Crippen LogP contribution in [0.2, 0.25) is 19.6 Å². The molecule has 2 aliphatic rings. The third kappa shape index (κ3) is 0.651. The molecule has 0 radical (unpaired) electrons. The van der Waals surface area contributed by atoms with Crippen molar-refractivity contribution in [2.75, 3.05) is 6.54 Å². The summed E-state index contributed by atoms with van der Waals surface area (Å²) in [5.74, 6) is 0. The van der Waals surface area contributed by atoms with Crippen molar-refractivity contribution in [2.45, 2.75) is 45.6 Å². The van der Waals surface area contributed by atoms with Crippen molar-refractivity contribution >= 4 is 8.07 Å². The van der Waals surface area contributed by atoms with Crippen LogP contribution in [0.3, 0.4) is 0 Å². The molecule has 0 aromatic carbocycles. The van der Waals surface area contributed by atoms with Crippen LogP contribution in [0, 0.1) is 10.8 Å². The van der Waals surface area contributed by atoms with E-state index in [1.165, 1.54) is 0 Å². The number of rotatable bonds is 1. The van der Waals surface area contributed by atoms with Gasteiger partial charge in [-0.05, 0) is 5.41 Å². The van der Waals surface area contributed by atoms with E-state index in [2.05, 4.69) is 50.6 Å². The molecule has 2 atom stereocenters. The molecule has 0 N–H and O–H groups in total. The van der Waals surface area contributed by atoms with Gasteiger partial charge >= 0.3 is 0 Å². The lowest BCUT2D eigenvalue weighted by Crippen LogP contribution is -2.43. The summed E-state index contributed by atoms with van der Waals surface area (Å²) >= 11 is 0. The Morgan fingerprint density at radius 2 is 1.62 bits per heavy atom. The molecule has 0 bridgehead atoms. The number of hydrogen-bond donors (Lipinski definition) is 0. The molecular weight excluding hydrogens is 176 g/mol. The minimum Gasteiger partial charge on any atom is -0.193 e. The molecular formula is C10H20N2Si. The Bertz CT molecular complexity index is 290. The zero-order valence-corrected chi connectivity index (χ0v) is 10.6. The zero-order chi connectivity index (χ0) is 10.1. The maximum absolute atomic E-state index is 4.62. The van der Waals surface area contributed by atoms with Crippen LogP contribution in [0.15, 0.2) is 10.2 Å². The summed E-state index contributed by atoms with van der Waals surface area (Å²) in [5.41, 5.74) is 0.747. The molecule has 0 aromatic heterocycles. The van der Waals surface area contributed by atoms with Gasteiger partial charge in [0.25, 0.3) is 0 Å². The average molecular weight is 196 g/mol. The first-order valence-corrected chi connectivity index (χ1v) is 8.59. The predicted octanol–water partition coefficient (Wildman–Crippen LogP) is 3.11. The van der Waals surface area contributed by atoms with E-state index >= 15 is 0 Å². The summed E-state index contributed by atoms with van der Waals surface area (Å²) in [6.07, 6.45) is 0. The smallest absolute Gasteiger partial charge is 0.0851 e. The van der Waals surface area contributed by atoms with Crippen LogP contribution in [-0.2, 0) is 0 Å². The van der Waals surface area contributed by atoms with Gasteiger partial charge in [0.2, 0.25) is 0 Å². The van der Waals surface area contributed by atoms with E-state index in [0.29, 0.717) is 10.8 Å². The van der Waals surface area contributed by atoms with Gasteiger partial charge in [0.15, 0.2) is 0 Å². The average Bonchev–Trinajstić information content (AvgIpc) is 2.27. The summed E-state index contributed by atoms with van der Waals surface area (Å²) in [7, 11) is -1.24. The van der Waals surface area contributed by atoms with E-state index in [-0.39, 0.29) is 5.16 Å². The number of hydrogen-bond acceptors (Lipinski definition) is 2. The second kappa shape index (κ2) is 1.92. The molecule has 0 amide bonds. The van der Waals surface area contributed by atoms with E-state index in [0.717, 1.165) is 6.54 Å². The van der Waals surface area contributed by atoms with E-state index in [1.807, 2.05) is 0 Å². The zero-order valence-electron chi connectivity index (χ0n) is 9.60. The molecule has 1 saturated carbocycles. The quantitative estimate of drug-likeness (QED) is 0.576. The standard InChI is InChI=1S/C10H20N2Si/c1-8(2)9(3)7-11-12-10(8,9)13(4,5)6/h7H2,1-6H3/t9-,10-/m0/s1. The van der Waals surface area contributed by atoms with Gasteiger partial charge in [0, 0.05) is 5.41 Å². The lowest BCUT2D eigenvalue weighted by molar-refractivity contribution is 0.424. The van der Waals surface area contributed by atoms with Gasteiger partial charge in [0.05, 0.1) is 19.8 Å². The fourth-order valence-corrected chi connectivity index (χ4v) is 8.41. The van der Waals surface area contributed by atoms with Crippen molar-refractivity contribution in [3.63, 3.8) is 0 Å². The topological polar surface area (TPSA) is 24.7 Å². The molecule has 0 unspecified atom stereocenters. The Hall–Kier alpha value is -0.183. The lowest BCUT2D eigenvalue weighted by atomic mass is 9.99. The van der Waals surface area contributed by atoms with E-state index in [9.17, 15) is 0 Å². The summed E-state index contributed by atoms with van der Waals surface area (Å²) in [4.78, 5) is 0. The largest absolute Gasteiger partial charge is 0.193 e. The van der Waals surface area contributed by atoms with Crippen LogP contribution in [0.4, 0.5) is 0 Å². The molecule has 0 spiro atoms. The van der Waals surface area contributed by atoms with Crippen molar-refractivity contribution in [3.05, 3.63) is 0 Å². The molecule has 0 aromatic rings. The minimum atomic E-state index is -1.24. The van der Waals surface area contributed by atoms with E-state index in [1.54, 1.807) is 0 Å². The molecule has 13 heavy (non-hydrogen) atoms. The Labute approximate surface area is 81.8 Å². The van der Waals surface area contributed by atoms with Crippen molar-refractivity contribution < 1.29 is 0 Å². The molecule has 2 nitrogen and oxygen atoms in total. The molecule has 74 valence electrons. The Balaban J connectivity index is 2.52. The molecule has 1 aliphatic heterocycles. The molecule has 1 heterocycles. The van der Waals surface area contributed by atoms with E-state index < -0.39 is 8.07 Å². The van der Waals surface area contributed by atoms with Gasteiger partial charge in [-0.25, -0.2) is 0 Å². The first kappa shape index (κ1) is 9.37. The van der Waals surface area contributed by atoms with Crippen LogP contribution >= 0.6 is 0 Å². The highest BCUT2D eigenvalue weighted by Crippen LogP contribution is 2.78. The van der Waals surface area contributed by atoms with Crippen molar-refractivity contribution in [1.82, 2.24) is 0 Å². The minimum absolute atomic E-state index is 0.229. The second-order valence-electron chi connectivity index (χ2n) is 6.32. The number of nitrogens with zero attached hydrogens (tertiary/aromatic N) is 2. The maximum atomic E-state index is 4.62. The first-order chi connectivity index (χ1) is 5.71. The number of fused-ring (bicyclic) bond motifs is 1. The van der Waals surface area contributed by atoms with Crippen molar-refractivity contribution in [1.29, 1.82) is 0 Å². The van der Waals surface area contributed by atoms with Crippen LogP contribution in [0.1, 0.15) is 20.8 Å². The normalized spacial score (nSPS) is 46.3. The van der Waals surface area contributed by atoms with Gasteiger partial charge in [0.1, 0.15) is 0 Å². The Morgan fingerprint density at radius 1 is 1.08 bits per heavy atom. The van der Waals surface area contributed by atoms with Gasteiger partial charge in [-0.2, -0.15) is 10.2 Å². The molecule has 2 rings (SSSR count). The monoisotopic (exact) mass is 196 g/mol. The number of azo groups is 1. The predicted molar refractivity (Wildman–Crippen MR) is 57.7 cm³/mol. The molecule has 3 heteroatoms. The first-order valence-electron chi connectivity index (χ1n) is 5.09. The Kier molecular flexibility index (Phi) is 1.39. The fourth-order valence-electron chi connectivity index (χ4n) is 3.90. The summed E-state index contributed by atoms with van der Waals surface area (Å²) in [5, 5.41) is 9.13. The van der Waals surface area contributed by atoms with Gasteiger partial charge in [-0.3, -0.25) is 0 Å². The van der Waals surface area contributed by atoms with Gasteiger partial charge in [-0.15, -0.1) is 0 Å². The summed E-state index contributed by atoms with van der Waals surface area (Å²) < 4.78 is 0. The Morgan fingerprint density at radius 3 is 1.85 bits per heavy atom. The lowest BCUT2D eigenvalue weighted by Gasteiger charge is -2.27. The van der Waals surface area contributed by atoms with Crippen LogP contribution in [-0.4, -0.2) is 19.8 Å². The van der Waals surface area contributed by atoms with Gasteiger partial charge in [-0.1, -0.05) is 40.4 Å². The van der Waals surface area contributed by atoms with Crippen LogP contribution < -0.4 is 0 Å². The highest BCUT2D eigenvalue weighted by molar-refractivity contribution is 6.80. The second-order valence-corrected chi connectivity index (χ2v) is 11.5. The molecule has 0 saturated heterocycles. The SMILES string of the molecule is CC1(C)[C@]2(C)CN=N[C@]12[Si](C)(C)C. The van der Waals surface area contributed by atoms with Crippen LogP contribution in [0.5, 0.6) is 0 Å². The summed E-state index contributed by atoms with van der Waals surface area (Å²) in [6.45, 7) is 15.3. The third-order valence-electron chi connectivity index (χ3n) is 4.71. The maximum Gasteiger partial charge on any atom is 0.0851 e. The highest BCUT2D eigenvalue weighted by atomic mass is 28.3.